The molecule has 0 unspecified atom stereocenters. The Labute approximate surface area is 187 Å². The van der Waals surface area contributed by atoms with Crippen LogP contribution in [0, 0.1) is 11.6 Å². The molecular weight excluding hydrogens is 440 g/mol. The Morgan fingerprint density at radius 1 is 1.12 bits per heavy atom. The number of carbonyl (C=O) groups excluding carboxylic acids is 1. The summed E-state index contributed by atoms with van der Waals surface area (Å²) in [5, 5.41) is 2.65. The molecule has 0 bridgehead atoms. The predicted molar refractivity (Wildman–Crippen MR) is 119 cm³/mol. The summed E-state index contributed by atoms with van der Waals surface area (Å²) in [6.07, 6.45) is 2.93. The number of benzene rings is 2. The quantitative estimate of drug-likeness (QED) is 0.677. The molecule has 1 saturated heterocycles. The smallest absolute Gasteiger partial charge is 0.247 e. The summed E-state index contributed by atoms with van der Waals surface area (Å²) >= 11 is 0. The van der Waals surface area contributed by atoms with E-state index in [1.807, 2.05) is 0 Å². The Hall–Kier alpha value is -2.72. The number of halogens is 2. The largest absolute Gasteiger partial charge is 0.490 e. The summed E-state index contributed by atoms with van der Waals surface area (Å²) in [6.45, 7) is 3.33. The van der Waals surface area contributed by atoms with Gasteiger partial charge in [-0.25, -0.2) is 17.2 Å². The molecule has 1 heterocycles. The zero-order chi connectivity index (χ0) is 23.5. The number of hydrogen-bond donors (Lipinski definition) is 1. The number of piperidine rings is 1. The Bertz CT molecular complexity index is 1060. The fourth-order valence-electron chi connectivity index (χ4n) is 3.59. The fraction of sp³-hybridized carbons (Fsp3) is 0.409. The zero-order valence-corrected chi connectivity index (χ0v) is 19.0. The molecule has 0 saturated carbocycles. The van der Waals surface area contributed by atoms with Crippen LogP contribution < -0.4 is 14.4 Å². The topological polar surface area (TPSA) is 79.0 Å². The number of rotatable bonds is 7. The van der Waals surface area contributed by atoms with Crippen LogP contribution in [0.1, 0.15) is 19.8 Å². The van der Waals surface area contributed by atoms with E-state index in [4.69, 9.17) is 4.74 Å². The van der Waals surface area contributed by atoms with Crippen LogP contribution in [0.15, 0.2) is 42.5 Å². The molecule has 1 amide bonds. The van der Waals surface area contributed by atoms with E-state index < -0.39 is 33.6 Å². The molecule has 1 N–H and O–H groups in total. The number of amides is 1. The molecule has 174 valence electrons. The van der Waals surface area contributed by atoms with E-state index in [2.05, 4.69) is 17.3 Å². The van der Waals surface area contributed by atoms with Gasteiger partial charge in [0.25, 0.3) is 0 Å². The molecule has 1 aliphatic heterocycles. The van der Waals surface area contributed by atoms with Crippen LogP contribution >= 0.6 is 0 Å². The van der Waals surface area contributed by atoms with Gasteiger partial charge < -0.3 is 15.0 Å². The van der Waals surface area contributed by atoms with Crippen LogP contribution in [0.2, 0.25) is 0 Å². The Balaban J connectivity index is 1.68. The molecule has 1 fully saturated rings. The molecule has 10 heteroatoms. The van der Waals surface area contributed by atoms with Crippen LogP contribution in [0.4, 0.5) is 20.2 Å². The van der Waals surface area contributed by atoms with Crippen LogP contribution in [0.25, 0.3) is 0 Å². The van der Waals surface area contributed by atoms with Crippen molar-refractivity contribution >= 4 is 27.3 Å². The molecule has 0 spiro atoms. The van der Waals surface area contributed by atoms with Gasteiger partial charge in [0.1, 0.15) is 17.9 Å². The van der Waals surface area contributed by atoms with Gasteiger partial charge >= 0.3 is 0 Å². The van der Waals surface area contributed by atoms with E-state index in [-0.39, 0.29) is 11.8 Å². The number of nitrogens with zero attached hydrogens (tertiary/aromatic N) is 2. The molecule has 2 aromatic carbocycles. The minimum Gasteiger partial charge on any atom is -0.490 e. The first-order valence-electron chi connectivity index (χ1n) is 10.2. The molecule has 7 nitrogen and oxygen atoms in total. The second-order valence-corrected chi connectivity index (χ2v) is 9.83. The second-order valence-electron chi connectivity index (χ2n) is 7.97. The van der Waals surface area contributed by atoms with Crippen molar-refractivity contribution in [2.45, 2.75) is 31.9 Å². The van der Waals surface area contributed by atoms with Crippen molar-refractivity contribution in [1.82, 2.24) is 4.90 Å². The third-order valence-corrected chi connectivity index (χ3v) is 6.58. The molecule has 2 aromatic rings. The monoisotopic (exact) mass is 467 g/mol. The van der Waals surface area contributed by atoms with Crippen molar-refractivity contribution in [1.29, 1.82) is 0 Å². The van der Waals surface area contributed by atoms with E-state index in [1.165, 1.54) is 6.92 Å². The first-order chi connectivity index (χ1) is 15.0. The van der Waals surface area contributed by atoms with E-state index in [1.54, 1.807) is 24.3 Å². The van der Waals surface area contributed by atoms with Gasteiger partial charge in [-0.05, 0) is 63.2 Å². The summed E-state index contributed by atoms with van der Waals surface area (Å²) in [7, 11) is -1.88. The maximum Gasteiger partial charge on any atom is 0.247 e. The van der Waals surface area contributed by atoms with Crippen molar-refractivity contribution < 1.29 is 26.7 Å². The van der Waals surface area contributed by atoms with Crippen molar-refractivity contribution in [3.63, 3.8) is 0 Å². The van der Waals surface area contributed by atoms with E-state index >= 15 is 0 Å². The number of carbonyl (C=O) groups is 1. The fourth-order valence-corrected chi connectivity index (χ4v) is 4.76. The molecule has 0 aromatic heterocycles. The van der Waals surface area contributed by atoms with Crippen LogP contribution in [0.3, 0.4) is 0 Å². The van der Waals surface area contributed by atoms with Crippen LogP contribution in [-0.4, -0.2) is 57.8 Å². The zero-order valence-electron chi connectivity index (χ0n) is 18.2. The number of likely N-dealkylation sites (tertiary alicyclic amines) is 1. The lowest BCUT2D eigenvalue weighted by atomic mass is 10.1. The van der Waals surface area contributed by atoms with Crippen LogP contribution in [0.5, 0.6) is 5.75 Å². The van der Waals surface area contributed by atoms with Gasteiger partial charge in [-0.15, -0.1) is 0 Å². The average Bonchev–Trinajstić information content (AvgIpc) is 2.73. The molecule has 1 atom stereocenters. The highest BCUT2D eigenvalue weighted by atomic mass is 32.2. The summed E-state index contributed by atoms with van der Waals surface area (Å²) in [4.78, 5) is 15.0. The highest BCUT2D eigenvalue weighted by molar-refractivity contribution is 7.92. The van der Waals surface area contributed by atoms with Crippen LogP contribution in [-0.2, 0) is 14.8 Å². The lowest BCUT2D eigenvalue weighted by Crippen LogP contribution is -2.45. The van der Waals surface area contributed by atoms with E-state index in [9.17, 15) is 22.0 Å². The van der Waals surface area contributed by atoms with E-state index in [0.717, 1.165) is 54.7 Å². The van der Waals surface area contributed by atoms with Crippen molar-refractivity contribution in [3.05, 3.63) is 54.1 Å². The van der Waals surface area contributed by atoms with Gasteiger partial charge in [-0.3, -0.25) is 9.10 Å². The van der Waals surface area contributed by atoms with Gasteiger partial charge in [-0.2, -0.15) is 0 Å². The maximum atomic E-state index is 13.7. The summed E-state index contributed by atoms with van der Waals surface area (Å²) in [5.74, 6) is -2.25. The van der Waals surface area contributed by atoms with Gasteiger partial charge in [0.05, 0.1) is 11.9 Å². The maximum absolute atomic E-state index is 13.7. The van der Waals surface area contributed by atoms with Gasteiger partial charge in [0.2, 0.25) is 15.9 Å². The highest BCUT2D eigenvalue weighted by Gasteiger charge is 2.30. The average molecular weight is 468 g/mol. The number of anilines is 2. The minimum absolute atomic E-state index is 0.143. The van der Waals surface area contributed by atoms with Crippen molar-refractivity contribution in [2.24, 2.45) is 0 Å². The second kappa shape index (κ2) is 9.83. The Morgan fingerprint density at radius 2 is 1.75 bits per heavy atom. The molecular formula is C22H27F2N3O4S. The molecule has 3 rings (SSSR count). The Morgan fingerprint density at radius 3 is 2.31 bits per heavy atom. The van der Waals surface area contributed by atoms with Gasteiger partial charge in [0, 0.05) is 24.8 Å². The minimum atomic E-state index is -3.95. The Kier molecular flexibility index (Phi) is 7.35. The normalized spacial score (nSPS) is 16.4. The lowest BCUT2D eigenvalue weighted by molar-refractivity contribution is -0.116. The van der Waals surface area contributed by atoms with Crippen molar-refractivity contribution in [3.8, 4) is 5.75 Å². The first kappa shape index (κ1) is 23.9. The lowest BCUT2D eigenvalue weighted by Gasteiger charge is -2.29. The predicted octanol–water partition coefficient (Wildman–Crippen LogP) is 3.23. The molecule has 1 aliphatic rings. The number of ether oxygens (including phenoxy) is 1. The number of sulfonamides is 1. The molecule has 0 radical (unpaired) electrons. The highest BCUT2D eigenvalue weighted by Crippen LogP contribution is 2.25. The third-order valence-electron chi connectivity index (χ3n) is 5.34. The number of hydrogen-bond acceptors (Lipinski definition) is 5. The SMILES string of the molecule is C[C@@H](C(=O)Nc1ccc(OC2CCN(C)CC2)cc1)N(c1ccc(F)c(F)c1)S(C)(=O)=O. The van der Waals surface area contributed by atoms with E-state index in [0.29, 0.717) is 11.4 Å². The van der Waals surface area contributed by atoms with Gasteiger partial charge in [0.15, 0.2) is 11.6 Å². The number of nitrogens with one attached hydrogen (secondary N) is 1. The molecule has 32 heavy (non-hydrogen) atoms. The summed E-state index contributed by atoms with van der Waals surface area (Å²) in [6, 6.07) is 8.27. The first-order valence-corrected chi connectivity index (χ1v) is 12.1. The molecule has 0 aliphatic carbocycles. The summed E-state index contributed by atoms with van der Waals surface area (Å²) < 4.78 is 58.2. The van der Waals surface area contributed by atoms with Gasteiger partial charge in [-0.1, -0.05) is 0 Å². The summed E-state index contributed by atoms with van der Waals surface area (Å²) in [5.41, 5.74) is 0.312. The third kappa shape index (κ3) is 5.95. The van der Waals surface area contributed by atoms with Crippen molar-refractivity contribution in [2.75, 3.05) is 36.0 Å². The standard InChI is InChI=1S/C22H27F2N3O4S/c1-15(27(32(3,29)30)17-6-9-20(23)21(24)14-17)22(28)25-16-4-7-18(8-5-16)31-19-10-12-26(2)13-11-19/h4-9,14-15,19H,10-13H2,1-3H3,(H,25,28)/t15-/m0/s1.